The Bertz CT molecular complexity index is 470. The second kappa shape index (κ2) is 6.58. The molecule has 110 valence electrons. The lowest BCUT2D eigenvalue weighted by atomic mass is 10.1. The van der Waals surface area contributed by atoms with Gasteiger partial charge in [-0.3, -0.25) is 9.69 Å². The van der Waals surface area contributed by atoms with E-state index >= 15 is 0 Å². The van der Waals surface area contributed by atoms with Gasteiger partial charge in [0, 0.05) is 51.1 Å². The third-order valence-corrected chi connectivity index (χ3v) is 3.66. The van der Waals surface area contributed by atoms with Crippen LogP contribution in [0.25, 0.3) is 0 Å². The van der Waals surface area contributed by atoms with Crippen molar-refractivity contribution in [1.82, 2.24) is 10.2 Å². The number of nitrogen functional groups attached to an aromatic ring is 1. The zero-order valence-corrected chi connectivity index (χ0v) is 11.8. The number of anilines is 2. The van der Waals surface area contributed by atoms with Crippen LogP contribution in [-0.4, -0.2) is 62.3 Å². The maximum absolute atomic E-state index is 11.8. The molecule has 1 amide bonds. The number of rotatable bonds is 4. The lowest BCUT2D eigenvalue weighted by Crippen LogP contribution is -2.47. The fraction of sp³-hybridized carbons (Fsp3) is 0.500. The van der Waals surface area contributed by atoms with E-state index in [4.69, 9.17) is 10.8 Å². The van der Waals surface area contributed by atoms with Crippen molar-refractivity contribution in [3.05, 3.63) is 23.8 Å². The fourth-order valence-corrected chi connectivity index (χ4v) is 2.44. The molecule has 0 atom stereocenters. The smallest absolute Gasteiger partial charge is 0.253 e. The van der Waals surface area contributed by atoms with Crippen LogP contribution in [-0.2, 0) is 0 Å². The van der Waals surface area contributed by atoms with Crippen LogP contribution in [0.5, 0.6) is 0 Å². The first-order valence-electron chi connectivity index (χ1n) is 6.85. The van der Waals surface area contributed by atoms with Gasteiger partial charge < -0.3 is 21.1 Å². The second-order valence-electron chi connectivity index (χ2n) is 4.90. The topological polar surface area (TPSA) is 81.8 Å². The van der Waals surface area contributed by atoms with Crippen molar-refractivity contribution in [2.45, 2.75) is 0 Å². The number of nitrogens with zero attached hydrogens (tertiary/aromatic N) is 2. The summed E-state index contributed by atoms with van der Waals surface area (Å²) in [5.74, 6) is -0.164. The monoisotopic (exact) mass is 278 g/mol. The molecule has 20 heavy (non-hydrogen) atoms. The lowest BCUT2D eigenvalue weighted by molar-refractivity contribution is 0.0964. The summed E-state index contributed by atoms with van der Waals surface area (Å²) in [6.07, 6.45) is 0. The molecule has 0 bridgehead atoms. The van der Waals surface area contributed by atoms with Gasteiger partial charge in [0.2, 0.25) is 0 Å². The molecule has 1 aromatic rings. The number of amides is 1. The molecule has 0 radical (unpaired) electrons. The molecule has 6 nitrogen and oxygen atoms in total. The average molecular weight is 278 g/mol. The summed E-state index contributed by atoms with van der Waals surface area (Å²) in [7, 11) is 1.60. The minimum Gasteiger partial charge on any atom is -0.398 e. The number of piperazine rings is 1. The highest BCUT2D eigenvalue weighted by atomic mass is 16.3. The van der Waals surface area contributed by atoms with E-state index < -0.39 is 0 Å². The summed E-state index contributed by atoms with van der Waals surface area (Å²) < 4.78 is 0. The number of hydrogen-bond donors (Lipinski definition) is 3. The second-order valence-corrected chi connectivity index (χ2v) is 4.90. The number of aliphatic hydroxyl groups is 1. The van der Waals surface area contributed by atoms with Crippen molar-refractivity contribution in [2.24, 2.45) is 0 Å². The molecule has 1 fully saturated rings. The predicted molar refractivity (Wildman–Crippen MR) is 80.0 cm³/mol. The zero-order chi connectivity index (χ0) is 14.5. The summed E-state index contributed by atoms with van der Waals surface area (Å²) in [4.78, 5) is 16.2. The molecule has 0 aliphatic carbocycles. The van der Waals surface area contributed by atoms with Crippen LogP contribution in [0.1, 0.15) is 10.4 Å². The van der Waals surface area contributed by atoms with E-state index in [0.29, 0.717) is 11.3 Å². The Morgan fingerprint density at radius 1 is 1.35 bits per heavy atom. The van der Waals surface area contributed by atoms with Crippen molar-refractivity contribution >= 4 is 17.3 Å². The van der Waals surface area contributed by atoms with Crippen LogP contribution in [0.15, 0.2) is 18.2 Å². The van der Waals surface area contributed by atoms with Crippen LogP contribution < -0.4 is 16.0 Å². The van der Waals surface area contributed by atoms with Gasteiger partial charge in [0.1, 0.15) is 0 Å². The van der Waals surface area contributed by atoms with Crippen molar-refractivity contribution in [3.63, 3.8) is 0 Å². The Hall–Kier alpha value is -1.79. The molecule has 1 saturated heterocycles. The largest absolute Gasteiger partial charge is 0.398 e. The Morgan fingerprint density at radius 2 is 2.05 bits per heavy atom. The molecule has 2 rings (SSSR count). The van der Waals surface area contributed by atoms with Gasteiger partial charge in [-0.2, -0.15) is 0 Å². The SMILES string of the molecule is CNC(=O)c1cc(N2CCN(CCO)CC2)ccc1N. The normalized spacial score (nSPS) is 16.2. The van der Waals surface area contributed by atoms with Gasteiger partial charge in [-0.05, 0) is 18.2 Å². The third-order valence-electron chi connectivity index (χ3n) is 3.66. The molecular weight excluding hydrogens is 256 g/mol. The Morgan fingerprint density at radius 3 is 2.65 bits per heavy atom. The Kier molecular flexibility index (Phi) is 4.81. The van der Waals surface area contributed by atoms with Gasteiger partial charge in [-0.1, -0.05) is 0 Å². The number of aliphatic hydroxyl groups excluding tert-OH is 1. The van der Waals surface area contributed by atoms with E-state index in [1.165, 1.54) is 0 Å². The van der Waals surface area contributed by atoms with Gasteiger partial charge in [0.15, 0.2) is 0 Å². The van der Waals surface area contributed by atoms with Crippen LogP contribution in [0.2, 0.25) is 0 Å². The molecule has 6 heteroatoms. The molecule has 0 saturated carbocycles. The number of nitrogens with one attached hydrogen (secondary N) is 1. The molecule has 0 spiro atoms. The van der Waals surface area contributed by atoms with Gasteiger partial charge in [-0.25, -0.2) is 0 Å². The Balaban J connectivity index is 2.08. The summed E-state index contributed by atoms with van der Waals surface area (Å²) in [6, 6.07) is 5.57. The number of carbonyl (C=O) groups excluding carboxylic acids is 1. The quantitative estimate of drug-likeness (QED) is 0.661. The minimum atomic E-state index is -0.164. The highest BCUT2D eigenvalue weighted by molar-refractivity contribution is 6.00. The molecule has 1 aromatic carbocycles. The third kappa shape index (κ3) is 3.20. The number of benzene rings is 1. The van der Waals surface area contributed by atoms with E-state index in [0.717, 1.165) is 38.4 Å². The number of nitrogens with two attached hydrogens (primary N) is 1. The fourth-order valence-electron chi connectivity index (χ4n) is 2.44. The first kappa shape index (κ1) is 14.6. The van der Waals surface area contributed by atoms with E-state index in [1.807, 2.05) is 12.1 Å². The summed E-state index contributed by atoms with van der Waals surface area (Å²) in [5.41, 5.74) is 7.87. The van der Waals surface area contributed by atoms with Gasteiger partial charge in [0.25, 0.3) is 5.91 Å². The van der Waals surface area contributed by atoms with Gasteiger partial charge in [0.05, 0.1) is 12.2 Å². The predicted octanol–water partition coefficient (Wildman–Crippen LogP) is -0.257. The van der Waals surface area contributed by atoms with E-state index in [9.17, 15) is 4.79 Å². The summed E-state index contributed by atoms with van der Waals surface area (Å²) in [6.45, 7) is 4.52. The summed E-state index contributed by atoms with van der Waals surface area (Å²) in [5, 5.41) is 11.5. The first-order valence-corrected chi connectivity index (χ1v) is 6.85. The zero-order valence-electron chi connectivity index (χ0n) is 11.8. The number of hydrogen-bond acceptors (Lipinski definition) is 5. The average Bonchev–Trinajstić information content (AvgIpc) is 2.48. The molecule has 4 N–H and O–H groups in total. The number of β-amino-alcohol motifs (C(OH)–C–C–N with tert-alkyl or cyclic N) is 1. The van der Waals surface area contributed by atoms with Crippen LogP contribution in [0.4, 0.5) is 11.4 Å². The van der Waals surface area contributed by atoms with Crippen LogP contribution >= 0.6 is 0 Å². The molecule has 0 unspecified atom stereocenters. The highest BCUT2D eigenvalue weighted by Gasteiger charge is 2.18. The van der Waals surface area contributed by atoms with Crippen molar-refractivity contribution in [2.75, 3.05) is 57.0 Å². The maximum atomic E-state index is 11.8. The van der Waals surface area contributed by atoms with Crippen molar-refractivity contribution < 1.29 is 9.90 Å². The van der Waals surface area contributed by atoms with Crippen molar-refractivity contribution in [3.8, 4) is 0 Å². The lowest BCUT2D eigenvalue weighted by Gasteiger charge is -2.36. The summed E-state index contributed by atoms with van der Waals surface area (Å²) >= 11 is 0. The molecule has 0 aromatic heterocycles. The van der Waals surface area contributed by atoms with Gasteiger partial charge in [-0.15, -0.1) is 0 Å². The first-order chi connectivity index (χ1) is 9.65. The van der Waals surface area contributed by atoms with Gasteiger partial charge >= 0.3 is 0 Å². The van der Waals surface area contributed by atoms with Crippen LogP contribution in [0, 0.1) is 0 Å². The van der Waals surface area contributed by atoms with Crippen molar-refractivity contribution in [1.29, 1.82) is 0 Å². The molecule has 1 heterocycles. The molecule has 1 aliphatic rings. The number of carbonyl (C=O) groups is 1. The van der Waals surface area contributed by atoms with E-state index in [-0.39, 0.29) is 12.5 Å². The highest BCUT2D eigenvalue weighted by Crippen LogP contribution is 2.22. The molecular formula is C14H22N4O2. The van der Waals surface area contributed by atoms with Crippen LogP contribution in [0.3, 0.4) is 0 Å². The molecule has 1 aliphatic heterocycles. The Labute approximate surface area is 119 Å². The maximum Gasteiger partial charge on any atom is 0.253 e. The minimum absolute atomic E-state index is 0.164. The van der Waals surface area contributed by atoms with E-state index in [2.05, 4.69) is 15.1 Å². The van der Waals surface area contributed by atoms with E-state index in [1.54, 1.807) is 13.1 Å². The standard InChI is InChI=1S/C14H22N4O2/c1-16-14(20)12-10-11(2-3-13(12)15)18-6-4-17(5-7-18)8-9-19/h2-3,10,19H,4-9,15H2,1H3,(H,16,20).